The number of thioether (sulfide) groups is 1. The second-order valence-electron chi connectivity index (χ2n) is 6.14. The zero-order valence-electron chi connectivity index (χ0n) is 12.7. The van der Waals surface area contributed by atoms with Crippen LogP contribution in [-0.4, -0.2) is 22.3 Å². The van der Waals surface area contributed by atoms with E-state index in [-0.39, 0.29) is 0 Å². The molecule has 116 valence electrons. The fraction of sp³-hybridized carbons (Fsp3) is 0.750. The van der Waals surface area contributed by atoms with Crippen LogP contribution in [0.3, 0.4) is 0 Å². The van der Waals surface area contributed by atoms with E-state index in [1.807, 2.05) is 7.05 Å². The number of rotatable bonds is 5. The Hall–Kier alpha value is -0.0400. The van der Waals surface area contributed by atoms with E-state index in [9.17, 15) is 0 Å². The Morgan fingerprint density at radius 3 is 2.43 bits per heavy atom. The Kier molecular flexibility index (Phi) is 5.65. The quantitative estimate of drug-likeness (QED) is 0.688. The van der Waals surface area contributed by atoms with Crippen LogP contribution < -0.4 is 5.32 Å². The molecule has 0 spiro atoms. The standard InChI is InChI=1S/C16H24IN3S/c1-18-16-14(17)15(11-6-2-3-7-11)19-13(20-16)10-21-12-8-4-5-9-12/h11-12H,2-10H2,1H3,(H,18,19,20). The molecule has 0 bridgehead atoms. The van der Waals surface area contributed by atoms with E-state index in [1.165, 1.54) is 60.6 Å². The van der Waals surface area contributed by atoms with Crippen LogP contribution in [0.25, 0.3) is 0 Å². The maximum Gasteiger partial charge on any atom is 0.143 e. The van der Waals surface area contributed by atoms with Gasteiger partial charge in [-0.2, -0.15) is 11.8 Å². The van der Waals surface area contributed by atoms with Crippen molar-refractivity contribution in [3.8, 4) is 0 Å². The van der Waals surface area contributed by atoms with Crippen molar-refractivity contribution in [2.24, 2.45) is 0 Å². The lowest BCUT2D eigenvalue weighted by Crippen LogP contribution is -2.10. The van der Waals surface area contributed by atoms with Crippen LogP contribution in [0.1, 0.15) is 68.8 Å². The fourth-order valence-corrected chi connectivity index (χ4v) is 5.59. The lowest BCUT2D eigenvalue weighted by Gasteiger charge is -2.16. The molecule has 2 saturated carbocycles. The predicted octanol–water partition coefficient (Wildman–Crippen LogP) is 4.96. The maximum atomic E-state index is 4.94. The van der Waals surface area contributed by atoms with Gasteiger partial charge in [-0.1, -0.05) is 25.7 Å². The van der Waals surface area contributed by atoms with Gasteiger partial charge in [-0.3, -0.25) is 0 Å². The van der Waals surface area contributed by atoms with Crippen LogP contribution in [0.15, 0.2) is 0 Å². The summed E-state index contributed by atoms with van der Waals surface area (Å²) < 4.78 is 1.23. The molecular weight excluding hydrogens is 393 g/mol. The minimum atomic E-state index is 0.655. The van der Waals surface area contributed by atoms with Crippen molar-refractivity contribution in [1.29, 1.82) is 0 Å². The number of halogens is 1. The van der Waals surface area contributed by atoms with E-state index >= 15 is 0 Å². The van der Waals surface area contributed by atoms with Crippen LogP contribution in [0.2, 0.25) is 0 Å². The van der Waals surface area contributed by atoms with Gasteiger partial charge in [-0.25, -0.2) is 9.97 Å². The Bertz CT molecular complexity index is 483. The first-order valence-electron chi connectivity index (χ1n) is 8.13. The van der Waals surface area contributed by atoms with E-state index in [0.29, 0.717) is 5.92 Å². The average molecular weight is 417 g/mol. The highest BCUT2D eigenvalue weighted by atomic mass is 127. The van der Waals surface area contributed by atoms with Crippen LogP contribution in [0.4, 0.5) is 5.82 Å². The second kappa shape index (κ2) is 7.49. The molecule has 1 heterocycles. The molecular formula is C16H24IN3S. The van der Waals surface area contributed by atoms with Crippen molar-refractivity contribution < 1.29 is 0 Å². The molecule has 21 heavy (non-hydrogen) atoms. The number of nitrogens with zero attached hydrogens (tertiary/aromatic N) is 2. The maximum absolute atomic E-state index is 4.94. The summed E-state index contributed by atoms with van der Waals surface area (Å²) in [6.07, 6.45) is 10.9. The zero-order valence-corrected chi connectivity index (χ0v) is 15.7. The van der Waals surface area contributed by atoms with Crippen LogP contribution >= 0.6 is 34.4 Å². The third-order valence-corrected chi connectivity index (χ3v) is 7.08. The Morgan fingerprint density at radius 1 is 1.10 bits per heavy atom. The fourth-order valence-electron chi connectivity index (χ4n) is 3.46. The van der Waals surface area contributed by atoms with Crippen LogP contribution in [-0.2, 0) is 5.75 Å². The summed E-state index contributed by atoms with van der Waals surface area (Å²) in [6.45, 7) is 0. The summed E-state index contributed by atoms with van der Waals surface area (Å²) in [6, 6.07) is 0. The number of anilines is 1. The molecule has 1 N–H and O–H groups in total. The van der Waals surface area contributed by atoms with Gasteiger partial charge in [0, 0.05) is 18.2 Å². The summed E-state index contributed by atoms with van der Waals surface area (Å²) in [5.74, 6) is 3.67. The molecule has 2 aliphatic rings. The summed E-state index contributed by atoms with van der Waals surface area (Å²) in [5, 5.41) is 4.09. The summed E-state index contributed by atoms with van der Waals surface area (Å²) in [4.78, 5) is 9.68. The lowest BCUT2D eigenvalue weighted by atomic mass is 10.0. The monoisotopic (exact) mass is 417 g/mol. The number of hydrogen-bond donors (Lipinski definition) is 1. The lowest BCUT2D eigenvalue weighted by molar-refractivity contribution is 0.683. The Morgan fingerprint density at radius 2 is 1.76 bits per heavy atom. The third-order valence-electron chi connectivity index (χ3n) is 4.65. The van der Waals surface area contributed by atoms with Crippen molar-refractivity contribution in [1.82, 2.24) is 9.97 Å². The largest absolute Gasteiger partial charge is 0.372 e. The molecule has 1 aromatic heterocycles. The van der Waals surface area contributed by atoms with Gasteiger partial charge in [0.25, 0.3) is 0 Å². The number of aromatic nitrogens is 2. The summed E-state index contributed by atoms with van der Waals surface area (Å²) in [5.41, 5.74) is 1.30. The first-order chi connectivity index (χ1) is 10.3. The van der Waals surface area contributed by atoms with E-state index in [2.05, 4.69) is 39.7 Å². The zero-order chi connectivity index (χ0) is 14.7. The van der Waals surface area contributed by atoms with Crippen LogP contribution in [0, 0.1) is 3.57 Å². The van der Waals surface area contributed by atoms with Crippen LogP contribution in [0.5, 0.6) is 0 Å². The summed E-state index contributed by atoms with van der Waals surface area (Å²) >= 11 is 4.48. The van der Waals surface area contributed by atoms with Gasteiger partial charge in [0.1, 0.15) is 11.6 Å². The minimum absolute atomic E-state index is 0.655. The predicted molar refractivity (Wildman–Crippen MR) is 99.1 cm³/mol. The first kappa shape index (κ1) is 15.8. The van der Waals surface area contributed by atoms with Gasteiger partial charge < -0.3 is 5.32 Å². The second-order valence-corrected chi connectivity index (χ2v) is 8.50. The topological polar surface area (TPSA) is 37.8 Å². The van der Waals surface area contributed by atoms with Crippen molar-refractivity contribution in [2.45, 2.75) is 68.3 Å². The first-order valence-corrected chi connectivity index (χ1v) is 10.3. The molecule has 1 aromatic rings. The van der Waals surface area contributed by atoms with E-state index < -0.39 is 0 Å². The molecule has 0 amide bonds. The molecule has 3 rings (SSSR count). The number of nitrogens with one attached hydrogen (secondary N) is 1. The SMILES string of the molecule is CNc1nc(CSC2CCCC2)nc(C2CCCC2)c1I. The molecule has 5 heteroatoms. The third kappa shape index (κ3) is 3.84. The van der Waals surface area contributed by atoms with E-state index in [1.54, 1.807) is 0 Å². The minimum Gasteiger partial charge on any atom is -0.372 e. The molecule has 0 radical (unpaired) electrons. The molecule has 0 aliphatic heterocycles. The highest BCUT2D eigenvalue weighted by molar-refractivity contribution is 14.1. The normalized spacial score (nSPS) is 20.3. The van der Waals surface area contributed by atoms with Gasteiger partial charge >= 0.3 is 0 Å². The molecule has 0 aromatic carbocycles. The van der Waals surface area contributed by atoms with Gasteiger partial charge in [-0.05, 0) is 48.3 Å². The highest BCUT2D eigenvalue weighted by Gasteiger charge is 2.24. The molecule has 2 fully saturated rings. The van der Waals surface area contributed by atoms with Gasteiger partial charge in [-0.15, -0.1) is 0 Å². The Labute approximate surface area is 145 Å². The van der Waals surface area contributed by atoms with Gasteiger partial charge in [0.2, 0.25) is 0 Å². The molecule has 0 atom stereocenters. The molecule has 0 saturated heterocycles. The van der Waals surface area contributed by atoms with E-state index in [4.69, 9.17) is 9.97 Å². The number of hydrogen-bond acceptors (Lipinski definition) is 4. The summed E-state index contributed by atoms with van der Waals surface area (Å²) in [7, 11) is 1.97. The van der Waals surface area contributed by atoms with Gasteiger partial charge in [0.15, 0.2) is 0 Å². The molecule has 0 unspecified atom stereocenters. The molecule has 2 aliphatic carbocycles. The van der Waals surface area contributed by atoms with E-state index in [0.717, 1.165) is 22.6 Å². The highest BCUT2D eigenvalue weighted by Crippen LogP contribution is 2.37. The van der Waals surface area contributed by atoms with Crippen molar-refractivity contribution >= 4 is 40.2 Å². The van der Waals surface area contributed by atoms with Crippen molar-refractivity contribution in [2.75, 3.05) is 12.4 Å². The van der Waals surface area contributed by atoms with Crippen molar-refractivity contribution in [3.05, 3.63) is 15.1 Å². The average Bonchev–Trinajstić information content (AvgIpc) is 3.19. The Balaban J connectivity index is 1.77. The molecule has 3 nitrogen and oxygen atoms in total. The van der Waals surface area contributed by atoms with Crippen molar-refractivity contribution in [3.63, 3.8) is 0 Å². The smallest absolute Gasteiger partial charge is 0.143 e. The van der Waals surface area contributed by atoms with Gasteiger partial charge in [0.05, 0.1) is 15.0 Å².